The highest BCUT2D eigenvalue weighted by atomic mass is 79.9. The van der Waals surface area contributed by atoms with Crippen LogP contribution in [0.4, 0.5) is 0 Å². The SMILES string of the molecule is NC(=C(c1ccccc1)n1nnc2ccccc21)c1ccc(Br)cc1. The number of nitrogens with zero attached hydrogens (tertiary/aromatic N) is 3. The highest BCUT2D eigenvalue weighted by Gasteiger charge is 2.15. The van der Waals surface area contributed by atoms with Gasteiger partial charge in [0.25, 0.3) is 0 Å². The van der Waals surface area contributed by atoms with Crippen LogP contribution in [0.3, 0.4) is 0 Å². The molecule has 5 heteroatoms. The van der Waals surface area contributed by atoms with Crippen LogP contribution in [-0.2, 0) is 0 Å². The average molecular weight is 391 g/mol. The summed E-state index contributed by atoms with van der Waals surface area (Å²) in [6.07, 6.45) is 0. The monoisotopic (exact) mass is 390 g/mol. The quantitative estimate of drug-likeness (QED) is 0.522. The number of halogens is 1. The van der Waals surface area contributed by atoms with Gasteiger partial charge in [-0.3, -0.25) is 0 Å². The summed E-state index contributed by atoms with van der Waals surface area (Å²) in [7, 11) is 0. The first kappa shape index (κ1) is 15.6. The van der Waals surface area contributed by atoms with Gasteiger partial charge in [0.05, 0.1) is 16.9 Å². The normalized spacial score (nSPS) is 12.2. The van der Waals surface area contributed by atoms with E-state index >= 15 is 0 Å². The summed E-state index contributed by atoms with van der Waals surface area (Å²) in [5.41, 5.74) is 11.7. The fourth-order valence-electron chi connectivity index (χ4n) is 2.79. The minimum absolute atomic E-state index is 0.648. The van der Waals surface area contributed by atoms with Crippen molar-refractivity contribution in [3.05, 3.63) is 94.5 Å². The van der Waals surface area contributed by atoms with Crippen molar-refractivity contribution in [2.75, 3.05) is 0 Å². The molecule has 0 bridgehead atoms. The number of aromatic nitrogens is 3. The van der Waals surface area contributed by atoms with E-state index in [0.717, 1.165) is 32.3 Å². The molecule has 0 atom stereocenters. The van der Waals surface area contributed by atoms with Gasteiger partial charge in [0, 0.05) is 10.0 Å². The first-order chi connectivity index (χ1) is 12.2. The highest BCUT2D eigenvalue weighted by molar-refractivity contribution is 9.10. The fraction of sp³-hybridized carbons (Fsp3) is 0. The van der Waals surface area contributed by atoms with E-state index in [9.17, 15) is 0 Å². The summed E-state index contributed by atoms with van der Waals surface area (Å²) in [6, 6.07) is 25.8. The Balaban J connectivity index is 2.00. The maximum Gasteiger partial charge on any atom is 0.113 e. The fourth-order valence-corrected chi connectivity index (χ4v) is 3.05. The molecule has 2 N–H and O–H groups in total. The molecule has 0 spiro atoms. The van der Waals surface area contributed by atoms with E-state index in [1.54, 1.807) is 0 Å². The van der Waals surface area contributed by atoms with E-state index in [2.05, 4.69) is 26.2 Å². The molecule has 1 heterocycles. The molecule has 0 fully saturated rings. The van der Waals surface area contributed by atoms with Gasteiger partial charge in [0.1, 0.15) is 5.52 Å². The molecule has 0 aliphatic rings. The number of nitrogens with two attached hydrogens (primary N) is 1. The lowest BCUT2D eigenvalue weighted by Gasteiger charge is -2.13. The first-order valence-corrected chi connectivity index (χ1v) is 8.65. The van der Waals surface area contributed by atoms with Gasteiger partial charge >= 0.3 is 0 Å². The minimum Gasteiger partial charge on any atom is -0.396 e. The number of fused-ring (bicyclic) bond motifs is 1. The molecule has 0 amide bonds. The molecule has 4 rings (SSSR count). The zero-order valence-electron chi connectivity index (χ0n) is 13.3. The van der Waals surface area contributed by atoms with Crippen molar-refractivity contribution in [3.8, 4) is 0 Å². The molecule has 25 heavy (non-hydrogen) atoms. The van der Waals surface area contributed by atoms with Crippen molar-refractivity contribution in [1.82, 2.24) is 15.0 Å². The second-order valence-electron chi connectivity index (χ2n) is 5.63. The summed E-state index contributed by atoms with van der Waals surface area (Å²) in [6.45, 7) is 0. The van der Waals surface area contributed by atoms with Crippen molar-refractivity contribution >= 4 is 38.4 Å². The second-order valence-corrected chi connectivity index (χ2v) is 6.54. The van der Waals surface area contributed by atoms with Crippen LogP contribution >= 0.6 is 15.9 Å². The Labute approximate surface area is 153 Å². The third-order valence-electron chi connectivity index (χ3n) is 4.02. The molecule has 1 aromatic heterocycles. The lowest BCUT2D eigenvalue weighted by atomic mass is 10.1. The van der Waals surface area contributed by atoms with Crippen molar-refractivity contribution < 1.29 is 0 Å². The van der Waals surface area contributed by atoms with Crippen molar-refractivity contribution in [1.29, 1.82) is 0 Å². The Bertz CT molecular complexity index is 1050. The van der Waals surface area contributed by atoms with Crippen LogP contribution in [0.5, 0.6) is 0 Å². The summed E-state index contributed by atoms with van der Waals surface area (Å²) in [4.78, 5) is 0. The molecule has 0 saturated carbocycles. The zero-order chi connectivity index (χ0) is 17.2. The summed E-state index contributed by atoms with van der Waals surface area (Å²) in [5, 5.41) is 8.63. The Morgan fingerprint density at radius 1 is 0.800 bits per heavy atom. The van der Waals surface area contributed by atoms with Crippen LogP contribution in [0.25, 0.3) is 22.4 Å². The van der Waals surface area contributed by atoms with E-state index in [0.29, 0.717) is 5.70 Å². The maximum atomic E-state index is 6.58. The molecule has 4 aromatic rings. The molecule has 122 valence electrons. The Kier molecular flexibility index (Phi) is 4.07. The van der Waals surface area contributed by atoms with Gasteiger partial charge in [-0.15, -0.1) is 5.10 Å². The Morgan fingerprint density at radius 3 is 2.24 bits per heavy atom. The minimum atomic E-state index is 0.648. The number of para-hydroxylation sites is 1. The van der Waals surface area contributed by atoms with Crippen LogP contribution in [0.15, 0.2) is 83.3 Å². The third-order valence-corrected chi connectivity index (χ3v) is 4.55. The first-order valence-electron chi connectivity index (χ1n) is 7.86. The van der Waals surface area contributed by atoms with Gasteiger partial charge in [0.15, 0.2) is 0 Å². The predicted octanol–water partition coefficient (Wildman–Crippen LogP) is 4.53. The lowest BCUT2D eigenvalue weighted by molar-refractivity contribution is 0.841. The van der Waals surface area contributed by atoms with E-state index in [4.69, 9.17) is 5.73 Å². The van der Waals surface area contributed by atoms with E-state index in [1.165, 1.54) is 0 Å². The molecule has 4 nitrogen and oxygen atoms in total. The van der Waals surface area contributed by atoms with Crippen molar-refractivity contribution in [2.24, 2.45) is 5.73 Å². The highest BCUT2D eigenvalue weighted by Crippen LogP contribution is 2.27. The summed E-state index contributed by atoms with van der Waals surface area (Å²) < 4.78 is 2.82. The van der Waals surface area contributed by atoms with E-state index in [-0.39, 0.29) is 0 Å². The van der Waals surface area contributed by atoms with Crippen molar-refractivity contribution in [3.63, 3.8) is 0 Å². The van der Waals surface area contributed by atoms with Gasteiger partial charge in [-0.25, -0.2) is 4.68 Å². The summed E-state index contributed by atoms with van der Waals surface area (Å²) >= 11 is 3.46. The third kappa shape index (κ3) is 2.94. The molecule has 0 radical (unpaired) electrons. The molecular weight excluding hydrogens is 376 g/mol. The number of hydrogen-bond acceptors (Lipinski definition) is 3. The largest absolute Gasteiger partial charge is 0.396 e. The van der Waals surface area contributed by atoms with Gasteiger partial charge in [-0.2, -0.15) is 0 Å². The summed E-state index contributed by atoms with van der Waals surface area (Å²) in [5.74, 6) is 0. The standard InChI is InChI=1S/C20H15BrN4/c21-16-12-10-14(11-13-16)19(22)20(15-6-2-1-3-7-15)25-18-9-5-4-8-17(18)23-24-25/h1-13H,22H2. The molecule has 0 saturated heterocycles. The van der Waals surface area contributed by atoms with Crippen LogP contribution in [0.2, 0.25) is 0 Å². The number of hydrogen-bond donors (Lipinski definition) is 1. The van der Waals surface area contributed by atoms with Gasteiger partial charge in [0.2, 0.25) is 0 Å². The second kappa shape index (κ2) is 6.53. The van der Waals surface area contributed by atoms with Crippen molar-refractivity contribution in [2.45, 2.75) is 0 Å². The lowest BCUT2D eigenvalue weighted by Crippen LogP contribution is -2.09. The van der Waals surface area contributed by atoms with Crippen LogP contribution in [0, 0.1) is 0 Å². The predicted molar refractivity (Wildman–Crippen MR) is 105 cm³/mol. The molecule has 0 aliphatic heterocycles. The number of rotatable bonds is 3. The Morgan fingerprint density at radius 2 is 1.48 bits per heavy atom. The van der Waals surface area contributed by atoms with E-state index < -0.39 is 0 Å². The molecular formula is C20H15BrN4. The smallest absolute Gasteiger partial charge is 0.113 e. The van der Waals surface area contributed by atoms with Gasteiger partial charge in [-0.1, -0.05) is 75.7 Å². The van der Waals surface area contributed by atoms with Crippen LogP contribution in [-0.4, -0.2) is 15.0 Å². The van der Waals surface area contributed by atoms with Crippen LogP contribution < -0.4 is 5.73 Å². The molecule has 0 aliphatic carbocycles. The maximum absolute atomic E-state index is 6.58. The van der Waals surface area contributed by atoms with Gasteiger partial charge < -0.3 is 5.73 Å². The molecule has 0 unspecified atom stereocenters. The van der Waals surface area contributed by atoms with Crippen LogP contribution in [0.1, 0.15) is 11.1 Å². The molecule has 3 aromatic carbocycles. The average Bonchev–Trinajstić information content (AvgIpc) is 3.07. The topological polar surface area (TPSA) is 56.7 Å². The zero-order valence-corrected chi connectivity index (χ0v) is 14.9. The van der Waals surface area contributed by atoms with Gasteiger partial charge in [-0.05, 0) is 29.8 Å². The van der Waals surface area contributed by atoms with E-state index in [1.807, 2.05) is 83.5 Å². The Hall–Kier alpha value is -2.92. The number of benzene rings is 3.